The maximum atomic E-state index is 13.2. The number of aromatic nitrogens is 1. The van der Waals surface area contributed by atoms with Crippen molar-refractivity contribution in [1.82, 2.24) is 10.3 Å². The van der Waals surface area contributed by atoms with E-state index in [1.807, 2.05) is 6.07 Å². The van der Waals surface area contributed by atoms with E-state index in [9.17, 15) is 8.78 Å². The summed E-state index contributed by atoms with van der Waals surface area (Å²) in [4.78, 5) is 6.41. The van der Waals surface area contributed by atoms with Crippen LogP contribution in [0, 0.1) is 11.6 Å². The Bertz CT molecular complexity index is 607. The molecule has 0 bridgehead atoms. The SMILES string of the molecule is Fc1cc(F)cc(Nc2cncc(N3CCNCC3)c2)c1. The number of hydrogen-bond acceptors (Lipinski definition) is 4. The molecule has 1 fully saturated rings. The first-order valence-corrected chi connectivity index (χ1v) is 6.84. The summed E-state index contributed by atoms with van der Waals surface area (Å²) in [5.41, 5.74) is 2.07. The van der Waals surface area contributed by atoms with E-state index in [0.29, 0.717) is 11.4 Å². The summed E-state index contributed by atoms with van der Waals surface area (Å²) in [6, 6.07) is 5.28. The average molecular weight is 290 g/mol. The molecule has 4 nitrogen and oxygen atoms in total. The maximum absolute atomic E-state index is 13.2. The van der Waals surface area contributed by atoms with Crippen LogP contribution in [0.1, 0.15) is 0 Å². The van der Waals surface area contributed by atoms with E-state index in [-0.39, 0.29) is 0 Å². The van der Waals surface area contributed by atoms with Gasteiger partial charge in [-0.2, -0.15) is 0 Å². The number of nitrogens with zero attached hydrogens (tertiary/aromatic N) is 2. The van der Waals surface area contributed by atoms with E-state index in [1.54, 1.807) is 12.4 Å². The van der Waals surface area contributed by atoms with E-state index in [1.165, 1.54) is 12.1 Å². The van der Waals surface area contributed by atoms with Crippen LogP contribution in [0.15, 0.2) is 36.7 Å². The van der Waals surface area contributed by atoms with Crippen LogP contribution in [0.4, 0.5) is 25.8 Å². The van der Waals surface area contributed by atoms with E-state index in [2.05, 4.69) is 20.5 Å². The molecule has 110 valence electrons. The van der Waals surface area contributed by atoms with Crippen LogP contribution in [0.25, 0.3) is 0 Å². The van der Waals surface area contributed by atoms with Crippen LogP contribution in [0.5, 0.6) is 0 Å². The predicted molar refractivity (Wildman–Crippen MR) is 79.0 cm³/mol. The lowest BCUT2D eigenvalue weighted by Crippen LogP contribution is -2.43. The zero-order chi connectivity index (χ0) is 14.7. The van der Waals surface area contributed by atoms with Gasteiger partial charge in [-0.1, -0.05) is 0 Å². The van der Waals surface area contributed by atoms with Gasteiger partial charge in [-0.15, -0.1) is 0 Å². The van der Waals surface area contributed by atoms with Gasteiger partial charge >= 0.3 is 0 Å². The number of benzene rings is 1. The molecule has 2 aromatic rings. The van der Waals surface area contributed by atoms with Crippen LogP contribution in [-0.2, 0) is 0 Å². The summed E-state index contributed by atoms with van der Waals surface area (Å²) in [5, 5.41) is 6.27. The van der Waals surface area contributed by atoms with Gasteiger partial charge in [-0.05, 0) is 18.2 Å². The molecule has 1 aromatic carbocycles. The summed E-state index contributed by atoms with van der Waals surface area (Å²) in [7, 11) is 0. The first-order valence-electron chi connectivity index (χ1n) is 6.84. The first kappa shape index (κ1) is 13.8. The van der Waals surface area contributed by atoms with Gasteiger partial charge in [0.05, 0.1) is 23.8 Å². The molecule has 0 atom stereocenters. The monoisotopic (exact) mass is 290 g/mol. The van der Waals surface area contributed by atoms with Crippen LogP contribution < -0.4 is 15.5 Å². The van der Waals surface area contributed by atoms with Gasteiger partial charge in [0.25, 0.3) is 0 Å². The second kappa shape index (κ2) is 6.05. The molecule has 1 aliphatic rings. The number of rotatable bonds is 3. The van der Waals surface area contributed by atoms with E-state index >= 15 is 0 Å². The van der Waals surface area contributed by atoms with Crippen molar-refractivity contribution < 1.29 is 8.78 Å². The van der Waals surface area contributed by atoms with Crippen LogP contribution in [0.3, 0.4) is 0 Å². The zero-order valence-corrected chi connectivity index (χ0v) is 11.4. The summed E-state index contributed by atoms with van der Waals surface area (Å²) < 4.78 is 26.4. The molecular weight excluding hydrogens is 274 g/mol. The first-order chi connectivity index (χ1) is 10.2. The maximum Gasteiger partial charge on any atom is 0.128 e. The second-order valence-electron chi connectivity index (χ2n) is 4.95. The molecule has 0 aliphatic carbocycles. The minimum Gasteiger partial charge on any atom is -0.368 e. The highest BCUT2D eigenvalue weighted by molar-refractivity contribution is 5.63. The number of piperazine rings is 1. The Labute approximate surface area is 121 Å². The Morgan fingerprint density at radius 2 is 1.67 bits per heavy atom. The summed E-state index contributed by atoms with van der Waals surface area (Å²) >= 11 is 0. The summed E-state index contributed by atoms with van der Waals surface area (Å²) in [6.45, 7) is 3.71. The fourth-order valence-corrected chi connectivity index (χ4v) is 2.38. The third-order valence-electron chi connectivity index (χ3n) is 3.36. The quantitative estimate of drug-likeness (QED) is 0.911. The van der Waals surface area contributed by atoms with Crippen molar-refractivity contribution in [2.45, 2.75) is 0 Å². The fraction of sp³-hybridized carbons (Fsp3) is 0.267. The summed E-state index contributed by atoms with van der Waals surface area (Å²) in [6.07, 6.45) is 3.43. The van der Waals surface area contributed by atoms with Gasteiger partial charge in [0, 0.05) is 37.9 Å². The smallest absolute Gasteiger partial charge is 0.128 e. The van der Waals surface area contributed by atoms with Gasteiger partial charge in [-0.25, -0.2) is 8.78 Å². The Hall–Kier alpha value is -2.21. The molecule has 2 heterocycles. The van der Waals surface area contributed by atoms with Gasteiger partial charge in [0.2, 0.25) is 0 Å². The lowest BCUT2D eigenvalue weighted by Gasteiger charge is -2.29. The number of nitrogens with one attached hydrogen (secondary N) is 2. The Morgan fingerprint density at radius 1 is 0.952 bits per heavy atom. The van der Waals surface area contributed by atoms with E-state index in [4.69, 9.17) is 0 Å². The third kappa shape index (κ3) is 3.46. The van der Waals surface area contributed by atoms with Gasteiger partial charge in [0.1, 0.15) is 11.6 Å². The molecule has 1 saturated heterocycles. The normalized spacial score (nSPS) is 15.0. The van der Waals surface area contributed by atoms with Crippen molar-refractivity contribution in [2.24, 2.45) is 0 Å². The molecule has 1 aromatic heterocycles. The molecule has 0 saturated carbocycles. The van der Waals surface area contributed by atoms with Crippen molar-refractivity contribution in [2.75, 3.05) is 36.4 Å². The van der Waals surface area contributed by atoms with Gasteiger partial charge < -0.3 is 15.5 Å². The van der Waals surface area contributed by atoms with Crippen molar-refractivity contribution in [3.05, 3.63) is 48.3 Å². The molecular formula is C15H16F2N4. The number of anilines is 3. The molecule has 2 N–H and O–H groups in total. The Kier molecular flexibility index (Phi) is 3.96. The van der Waals surface area contributed by atoms with Crippen molar-refractivity contribution in [1.29, 1.82) is 0 Å². The van der Waals surface area contributed by atoms with Gasteiger partial charge in [0.15, 0.2) is 0 Å². The molecule has 1 aliphatic heterocycles. The molecule has 0 amide bonds. The number of pyridine rings is 1. The topological polar surface area (TPSA) is 40.2 Å². The average Bonchev–Trinajstić information content (AvgIpc) is 2.47. The predicted octanol–water partition coefficient (Wildman–Crippen LogP) is 2.51. The lowest BCUT2D eigenvalue weighted by molar-refractivity contribution is 0.584. The van der Waals surface area contributed by atoms with E-state index < -0.39 is 11.6 Å². The van der Waals surface area contributed by atoms with Crippen LogP contribution >= 0.6 is 0 Å². The Balaban J connectivity index is 1.79. The second-order valence-corrected chi connectivity index (χ2v) is 4.95. The van der Waals surface area contributed by atoms with Crippen LogP contribution in [0.2, 0.25) is 0 Å². The van der Waals surface area contributed by atoms with Crippen molar-refractivity contribution >= 4 is 17.1 Å². The minimum atomic E-state index is -0.608. The van der Waals surface area contributed by atoms with Gasteiger partial charge in [-0.3, -0.25) is 4.98 Å². The molecule has 3 rings (SSSR count). The minimum absolute atomic E-state index is 0.367. The Morgan fingerprint density at radius 3 is 2.38 bits per heavy atom. The van der Waals surface area contributed by atoms with Crippen molar-refractivity contribution in [3.63, 3.8) is 0 Å². The fourth-order valence-electron chi connectivity index (χ4n) is 2.38. The lowest BCUT2D eigenvalue weighted by atomic mass is 10.2. The highest BCUT2D eigenvalue weighted by atomic mass is 19.1. The van der Waals surface area contributed by atoms with Crippen molar-refractivity contribution in [3.8, 4) is 0 Å². The zero-order valence-electron chi connectivity index (χ0n) is 11.4. The third-order valence-corrected chi connectivity index (χ3v) is 3.36. The molecule has 0 radical (unpaired) electrons. The van der Waals surface area contributed by atoms with E-state index in [0.717, 1.165) is 37.9 Å². The highest BCUT2D eigenvalue weighted by Crippen LogP contribution is 2.22. The molecule has 6 heteroatoms. The molecule has 0 unspecified atom stereocenters. The standard InChI is InChI=1S/C15H16F2N4/c16-11-5-12(17)7-13(6-11)20-14-8-15(10-19-9-14)21-3-1-18-2-4-21/h5-10,18,20H,1-4H2. The number of halogens is 2. The molecule has 0 spiro atoms. The highest BCUT2D eigenvalue weighted by Gasteiger charge is 2.11. The largest absolute Gasteiger partial charge is 0.368 e. The molecule has 21 heavy (non-hydrogen) atoms. The number of hydrogen-bond donors (Lipinski definition) is 2. The van der Waals surface area contributed by atoms with Crippen LogP contribution in [-0.4, -0.2) is 31.2 Å². The summed E-state index contributed by atoms with van der Waals surface area (Å²) in [5.74, 6) is -1.22.